The van der Waals surface area contributed by atoms with Gasteiger partial charge in [0.2, 0.25) is 0 Å². The molecule has 2 heterocycles. The Hall–Kier alpha value is -3.10. The van der Waals surface area contributed by atoms with E-state index in [4.69, 9.17) is 0 Å². The van der Waals surface area contributed by atoms with Crippen LogP contribution in [-0.2, 0) is 0 Å². The fourth-order valence-electron chi connectivity index (χ4n) is 5.46. The first-order valence-corrected chi connectivity index (χ1v) is 13.1. The van der Waals surface area contributed by atoms with Gasteiger partial charge in [-0.05, 0) is 47.9 Å². The summed E-state index contributed by atoms with van der Waals surface area (Å²) in [6, 6.07) is 19.3. The van der Waals surface area contributed by atoms with Gasteiger partial charge in [0.25, 0.3) is 0 Å². The maximum atomic E-state index is 4.35. The molecule has 3 aromatic carbocycles. The molecule has 4 aromatic rings. The van der Waals surface area contributed by atoms with E-state index in [-0.39, 0.29) is 0 Å². The SMILES string of the molecule is C=[N+]1C=CC(C(CC)CC)=C[C-]1c1c(C)ccc2c1[s+][c-]1ccc(-c3c(C)cccc3C)cc21. The highest BCUT2D eigenvalue weighted by Crippen LogP contribution is 2.43. The zero-order valence-electron chi connectivity index (χ0n) is 20.9. The Kier molecular flexibility index (Phi) is 5.95. The van der Waals surface area contributed by atoms with Crippen molar-refractivity contribution in [1.82, 2.24) is 0 Å². The summed E-state index contributed by atoms with van der Waals surface area (Å²) < 4.78 is 4.73. The lowest BCUT2D eigenvalue weighted by atomic mass is 9.88. The smallest absolute Gasteiger partial charge is 0.159 e. The fraction of sp³-hybridized carbons (Fsp3) is 0.250. The predicted octanol–water partition coefficient (Wildman–Crippen LogP) is 9.13. The van der Waals surface area contributed by atoms with Crippen LogP contribution in [0.25, 0.3) is 31.3 Å². The molecule has 1 nitrogen and oxygen atoms in total. The van der Waals surface area contributed by atoms with Crippen molar-refractivity contribution >= 4 is 38.2 Å². The standard InChI is InChI=1S/C32H33NS/c1-7-23(8-2)24-16-17-33(6)28(19-24)31-22(5)12-14-26-27-18-25(13-15-29(27)34-32(26)31)30-20(3)10-9-11-21(30)4/h9-19,23H,6-8H2,1-5H3. The number of hydrogen-bond donors (Lipinski definition) is 0. The van der Waals surface area contributed by atoms with E-state index in [2.05, 4.69) is 108 Å². The Bertz CT molecular complexity index is 1460. The summed E-state index contributed by atoms with van der Waals surface area (Å²) in [6.45, 7) is 15.6. The molecule has 0 saturated heterocycles. The molecule has 5 rings (SSSR count). The van der Waals surface area contributed by atoms with Crippen molar-refractivity contribution in [2.45, 2.75) is 47.5 Å². The Morgan fingerprint density at radius 2 is 1.71 bits per heavy atom. The third-order valence-electron chi connectivity index (χ3n) is 7.39. The minimum absolute atomic E-state index is 0.585. The van der Waals surface area contributed by atoms with Crippen LogP contribution in [0.2, 0.25) is 0 Å². The van der Waals surface area contributed by atoms with Gasteiger partial charge in [0.15, 0.2) is 15.4 Å². The second-order valence-corrected chi connectivity index (χ2v) is 10.6. The van der Waals surface area contributed by atoms with Crippen LogP contribution in [0.1, 0.15) is 48.9 Å². The predicted molar refractivity (Wildman–Crippen MR) is 150 cm³/mol. The van der Waals surface area contributed by atoms with Gasteiger partial charge in [0.1, 0.15) is 17.5 Å². The molecule has 1 aliphatic rings. The second kappa shape index (κ2) is 8.92. The highest BCUT2D eigenvalue weighted by atomic mass is 32.1. The average Bonchev–Trinajstić information content (AvgIpc) is 3.19. The van der Waals surface area contributed by atoms with Crippen molar-refractivity contribution in [2.75, 3.05) is 0 Å². The number of thiophene rings is 1. The van der Waals surface area contributed by atoms with Crippen LogP contribution in [0.3, 0.4) is 0 Å². The minimum atomic E-state index is 0.585. The number of fused-ring (bicyclic) bond motifs is 3. The molecule has 172 valence electrons. The fourth-order valence-corrected chi connectivity index (χ4v) is 6.75. The highest BCUT2D eigenvalue weighted by Gasteiger charge is 2.26. The molecule has 1 aromatic heterocycles. The molecule has 0 unspecified atom stereocenters. The molecule has 0 saturated carbocycles. The van der Waals surface area contributed by atoms with E-state index in [1.165, 1.54) is 65.2 Å². The van der Waals surface area contributed by atoms with E-state index < -0.39 is 0 Å². The van der Waals surface area contributed by atoms with Crippen molar-refractivity contribution in [1.29, 1.82) is 0 Å². The molecule has 0 amide bonds. The van der Waals surface area contributed by atoms with E-state index in [0.717, 1.165) is 12.8 Å². The summed E-state index contributed by atoms with van der Waals surface area (Å²) in [7, 11) is 0. The maximum absolute atomic E-state index is 4.35. The molecular formula is C32H33NS. The molecule has 0 fully saturated rings. The molecule has 0 aliphatic carbocycles. The van der Waals surface area contributed by atoms with Gasteiger partial charge in [0, 0.05) is 5.56 Å². The van der Waals surface area contributed by atoms with E-state index in [9.17, 15) is 0 Å². The lowest BCUT2D eigenvalue weighted by molar-refractivity contribution is -0.418. The van der Waals surface area contributed by atoms with E-state index in [1.807, 2.05) is 15.9 Å². The quantitative estimate of drug-likeness (QED) is 0.158. The van der Waals surface area contributed by atoms with Gasteiger partial charge >= 0.3 is 0 Å². The number of aryl methyl sites for hydroxylation is 3. The molecular weight excluding hydrogens is 430 g/mol. The Labute approximate surface area is 207 Å². The van der Waals surface area contributed by atoms with Gasteiger partial charge in [-0.15, -0.1) is 12.1 Å². The van der Waals surface area contributed by atoms with Crippen LogP contribution in [0, 0.1) is 32.7 Å². The summed E-state index contributed by atoms with van der Waals surface area (Å²) in [6.07, 6.45) is 9.06. The first kappa shape index (κ1) is 22.7. The van der Waals surface area contributed by atoms with Crippen LogP contribution in [-0.4, -0.2) is 11.3 Å². The third-order valence-corrected chi connectivity index (χ3v) is 8.59. The topological polar surface area (TPSA) is 3.01 Å². The van der Waals surface area contributed by atoms with Crippen molar-refractivity contribution in [3.8, 4) is 11.1 Å². The summed E-state index contributed by atoms with van der Waals surface area (Å²) in [5.74, 6) is 0.585. The first-order chi connectivity index (χ1) is 16.4. The van der Waals surface area contributed by atoms with Crippen molar-refractivity contribution in [2.24, 2.45) is 5.92 Å². The number of allylic oxidation sites excluding steroid dienone is 2. The Balaban J connectivity index is 1.71. The van der Waals surface area contributed by atoms with Crippen LogP contribution in [0.15, 0.2) is 72.5 Å². The Morgan fingerprint density at radius 3 is 2.41 bits per heavy atom. The molecule has 34 heavy (non-hydrogen) atoms. The molecule has 0 radical (unpaired) electrons. The number of benzene rings is 3. The second-order valence-electron chi connectivity index (χ2n) is 9.54. The van der Waals surface area contributed by atoms with Gasteiger partial charge < -0.3 is 0 Å². The first-order valence-electron chi connectivity index (χ1n) is 12.3. The molecule has 0 N–H and O–H groups in total. The molecule has 2 heteroatoms. The lowest BCUT2D eigenvalue weighted by Gasteiger charge is -2.24. The van der Waals surface area contributed by atoms with Gasteiger partial charge in [-0.25, -0.2) is 0 Å². The van der Waals surface area contributed by atoms with E-state index >= 15 is 0 Å². The Morgan fingerprint density at radius 1 is 0.971 bits per heavy atom. The summed E-state index contributed by atoms with van der Waals surface area (Å²) in [5, 5.41) is 2.68. The number of nitrogens with zero attached hydrogens (tertiary/aromatic N) is 1. The van der Waals surface area contributed by atoms with Crippen LogP contribution >= 0.6 is 11.3 Å². The van der Waals surface area contributed by atoms with Crippen molar-refractivity contribution in [3.63, 3.8) is 0 Å². The molecule has 0 spiro atoms. The zero-order chi connectivity index (χ0) is 24.0. The third kappa shape index (κ3) is 3.71. The van der Waals surface area contributed by atoms with Gasteiger partial charge in [0.05, 0.1) is 6.72 Å². The lowest BCUT2D eigenvalue weighted by Crippen LogP contribution is -2.18. The molecule has 1 aliphatic heterocycles. The monoisotopic (exact) mass is 463 g/mol. The average molecular weight is 464 g/mol. The van der Waals surface area contributed by atoms with Gasteiger partial charge in [-0.2, -0.15) is 0 Å². The van der Waals surface area contributed by atoms with E-state index in [1.54, 1.807) is 0 Å². The summed E-state index contributed by atoms with van der Waals surface area (Å²) in [4.78, 5) is 0. The normalized spacial score (nSPS) is 14.0. The number of hydrogen-bond acceptors (Lipinski definition) is 0. The van der Waals surface area contributed by atoms with E-state index in [0.29, 0.717) is 5.92 Å². The van der Waals surface area contributed by atoms with Crippen LogP contribution < -0.4 is 0 Å². The zero-order valence-corrected chi connectivity index (χ0v) is 21.7. The van der Waals surface area contributed by atoms with Crippen LogP contribution in [0.5, 0.6) is 0 Å². The largest absolute Gasteiger partial charge is 0.255 e. The number of rotatable bonds is 5. The van der Waals surface area contributed by atoms with Gasteiger partial charge in [-0.1, -0.05) is 98.2 Å². The summed E-state index contributed by atoms with van der Waals surface area (Å²) >= 11 is 1.90. The van der Waals surface area contributed by atoms with Gasteiger partial charge in [-0.3, -0.25) is 4.58 Å². The molecule has 0 atom stereocenters. The highest BCUT2D eigenvalue weighted by molar-refractivity contribution is 7.26. The summed E-state index contributed by atoms with van der Waals surface area (Å²) in [5.41, 5.74) is 9.33. The van der Waals surface area contributed by atoms with Crippen LogP contribution in [0.4, 0.5) is 0 Å². The minimum Gasteiger partial charge on any atom is -0.255 e. The maximum Gasteiger partial charge on any atom is 0.159 e. The molecule has 0 bridgehead atoms. The van der Waals surface area contributed by atoms with Crippen molar-refractivity contribution in [3.05, 3.63) is 101 Å². The van der Waals surface area contributed by atoms with Crippen molar-refractivity contribution < 1.29 is 4.58 Å².